The van der Waals surface area contributed by atoms with Gasteiger partial charge < -0.3 is 16.4 Å². The number of nitrogens with zero attached hydrogens (tertiary/aromatic N) is 1. The summed E-state index contributed by atoms with van der Waals surface area (Å²) in [5.41, 5.74) is 5.90. The van der Waals surface area contributed by atoms with E-state index in [0.717, 1.165) is 32.5 Å². The van der Waals surface area contributed by atoms with Gasteiger partial charge in [0.2, 0.25) is 0 Å². The van der Waals surface area contributed by atoms with Crippen LogP contribution in [0.1, 0.15) is 54.4 Å². The minimum absolute atomic E-state index is 0.125. The first-order valence-electron chi connectivity index (χ1n) is 8.46. The van der Waals surface area contributed by atoms with Crippen molar-refractivity contribution in [3.8, 4) is 0 Å². The molecule has 0 aromatic carbocycles. The Morgan fingerprint density at radius 3 is 1.50 bits per heavy atom. The van der Waals surface area contributed by atoms with Crippen LogP contribution >= 0.6 is 25.3 Å². The lowest BCUT2D eigenvalue weighted by atomic mass is 10.0. The first kappa shape index (κ1) is 22.5. The molecule has 0 fully saturated rings. The third kappa shape index (κ3) is 7.88. The van der Waals surface area contributed by atoms with Gasteiger partial charge in [0.1, 0.15) is 0 Å². The summed E-state index contributed by atoms with van der Waals surface area (Å²) in [5.74, 6) is 0. The first-order valence-corrected chi connectivity index (χ1v) is 9.36. The molecule has 0 bridgehead atoms. The molecule has 0 rings (SSSR count). The molecule has 0 saturated heterocycles. The van der Waals surface area contributed by atoms with E-state index in [1.165, 1.54) is 0 Å². The number of nitrogens with one attached hydrogen (secondary N) is 2. The van der Waals surface area contributed by atoms with Crippen LogP contribution in [0, 0.1) is 0 Å². The molecule has 0 amide bonds. The lowest BCUT2D eigenvalue weighted by Gasteiger charge is -2.48. The average Bonchev–Trinajstić information content (AvgIpc) is 2.36. The highest BCUT2D eigenvalue weighted by Crippen LogP contribution is 2.28. The maximum Gasteiger partial charge on any atom is 0.0753 e. The molecule has 22 heavy (non-hydrogen) atoms. The van der Waals surface area contributed by atoms with Gasteiger partial charge in [0.05, 0.1) is 12.3 Å². The molecule has 0 aliphatic carbocycles. The van der Waals surface area contributed by atoms with Gasteiger partial charge in [0.25, 0.3) is 0 Å². The van der Waals surface area contributed by atoms with Gasteiger partial charge in [-0.05, 0) is 53.6 Å². The van der Waals surface area contributed by atoms with E-state index in [2.05, 4.69) is 57.1 Å². The predicted octanol–water partition coefficient (Wildman–Crippen LogP) is 2.32. The lowest BCUT2D eigenvalue weighted by molar-refractivity contribution is 0.0574. The fourth-order valence-corrected chi connectivity index (χ4v) is 3.14. The second kappa shape index (κ2) is 10.4. The van der Waals surface area contributed by atoms with E-state index >= 15 is 0 Å². The van der Waals surface area contributed by atoms with Crippen molar-refractivity contribution in [3.05, 3.63) is 0 Å². The van der Waals surface area contributed by atoms with Crippen molar-refractivity contribution in [1.82, 2.24) is 15.5 Å². The van der Waals surface area contributed by atoms with Crippen LogP contribution in [0.5, 0.6) is 0 Å². The Morgan fingerprint density at radius 2 is 1.27 bits per heavy atom. The molecule has 0 aromatic heterocycles. The largest absolute Gasteiger partial charge is 0.329 e. The molecule has 4 N–H and O–H groups in total. The van der Waals surface area contributed by atoms with Crippen molar-refractivity contribution in [2.75, 3.05) is 26.2 Å². The van der Waals surface area contributed by atoms with E-state index < -0.39 is 0 Å². The standard InChI is InChI=1S/C16H38N4S2/c1-7-10-18-13(15(3,4)21)20(12-9-17)14(16(5,6)22)19-11-8-2/h13-14,18-19,21-22H,7-12,17H2,1-6H3. The third-order valence-electron chi connectivity index (χ3n) is 3.56. The van der Waals surface area contributed by atoms with Gasteiger partial charge in [0.15, 0.2) is 0 Å². The van der Waals surface area contributed by atoms with Gasteiger partial charge in [-0.2, -0.15) is 25.3 Å². The third-order valence-corrected chi connectivity index (χ3v) is 4.05. The Hall–Kier alpha value is 0.540. The minimum atomic E-state index is -0.185. The summed E-state index contributed by atoms with van der Waals surface area (Å²) in [6.45, 7) is 16.3. The number of nitrogens with two attached hydrogens (primary N) is 1. The molecular formula is C16H38N4S2. The quantitative estimate of drug-likeness (QED) is 0.277. The van der Waals surface area contributed by atoms with E-state index in [1.54, 1.807) is 0 Å². The van der Waals surface area contributed by atoms with E-state index in [1.807, 2.05) is 0 Å². The Kier molecular flexibility index (Phi) is 10.7. The molecular weight excluding hydrogens is 312 g/mol. The van der Waals surface area contributed by atoms with Gasteiger partial charge in [-0.15, -0.1) is 0 Å². The van der Waals surface area contributed by atoms with Crippen molar-refractivity contribution in [2.45, 2.75) is 76.2 Å². The zero-order valence-corrected chi connectivity index (χ0v) is 17.1. The molecule has 0 radical (unpaired) electrons. The molecule has 0 saturated carbocycles. The normalized spacial score (nSPS) is 16.1. The Balaban J connectivity index is 5.45. The number of hydrogen-bond donors (Lipinski definition) is 5. The number of hydrogen-bond acceptors (Lipinski definition) is 6. The minimum Gasteiger partial charge on any atom is -0.329 e. The van der Waals surface area contributed by atoms with E-state index in [9.17, 15) is 0 Å². The fourth-order valence-electron chi connectivity index (χ4n) is 2.66. The first-order chi connectivity index (χ1) is 10.1. The van der Waals surface area contributed by atoms with E-state index in [-0.39, 0.29) is 21.8 Å². The topological polar surface area (TPSA) is 53.3 Å². The molecule has 0 aliphatic heterocycles. The molecule has 2 atom stereocenters. The van der Waals surface area contributed by atoms with Crippen molar-refractivity contribution >= 4 is 25.3 Å². The van der Waals surface area contributed by atoms with Crippen LogP contribution in [0.3, 0.4) is 0 Å². The van der Waals surface area contributed by atoms with Crippen LogP contribution in [0.4, 0.5) is 0 Å². The number of rotatable bonds is 12. The van der Waals surface area contributed by atoms with Crippen molar-refractivity contribution in [3.63, 3.8) is 0 Å². The van der Waals surface area contributed by atoms with Crippen LogP contribution in [-0.2, 0) is 0 Å². The van der Waals surface area contributed by atoms with Crippen molar-refractivity contribution in [1.29, 1.82) is 0 Å². The van der Waals surface area contributed by atoms with E-state index in [0.29, 0.717) is 6.54 Å². The van der Waals surface area contributed by atoms with Gasteiger partial charge in [-0.1, -0.05) is 13.8 Å². The molecule has 0 aliphatic rings. The molecule has 2 unspecified atom stereocenters. The van der Waals surface area contributed by atoms with Crippen LogP contribution in [0.15, 0.2) is 0 Å². The van der Waals surface area contributed by atoms with Crippen LogP contribution in [-0.4, -0.2) is 52.9 Å². The van der Waals surface area contributed by atoms with E-state index in [4.69, 9.17) is 31.0 Å². The summed E-state index contributed by atoms with van der Waals surface area (Å²) in [7, 11) is 0. The second-order valence-electron chi connectivity index (χ2n) is 7.05. The van der Waals surface area contributed by atoms with Gasteiger partial charge in [0, 0.05) is 22.6 Å². The van der Waals surface area contributed by atoms with Crippen LogP contribution in [0.25, 0.3) is 0 Å². The molecule has 6 heteroatoms. The molecule has 0 aromatic rings. The maximum atomic E-state index is 5.90. The van der Waals surface area contributed by atoms with Gasteiger partial charge in [-0.25, -0.2) is 0 Å². The van der Waals surface area contributed by atoms with Crippen LogP contribution in [0.2, 0.25) is 0 Å². The van der Waals surface area contributed by atoms with Crippen molar-refractivity contribution < 1.29 is 0 Å². The summed E-state index contributed by atoms with van der Waals surface area (Å²) < 4.78 is -0.370. The molecule has 0 heterocycles. The Bertz CT molecular complexity index is 261. The highest BCUT2D eigenvalue weighted by Gasteiger charge is 2.39. The predicted molar refractivity (Wildman–Crippen MR) is 106 cm³/mol. The zero-order chi connectivity index (χ0) is 17.4. The van der Waals surface area contributed by atoms with Gasteiger partial charge >= 0.3 is 0 Å². The summed E-state index contributed by atoms with van der Waals surface area (Å²) >= 11 is 9.68. The molecule has 4 nitrogen and oxygen atoms in total. The zero-order valence-electron chi connectivity index (χ0n) is 15.3. The Labute approximate surface area is 149 Å². The summed E-state index contributed by atoms with van der Waals surface area (Å²) in [5, 5.41) is 7.29. The smallest absolute Gasteiger partial charge is 0.0753 e. The maximum absolute atomic E-state index is 5.90. The molecule has 0 spiro atoms. The Morgan fingerprint density at radius 1 is 0.909 bits per heavy atom. The summed E-state index contributed by atoms with van der Waals surface area (Å²) in [6, 6.07) is 0. The van der Waals surface area contributed by atoms with Gasteiger partial charge in [-0.3, -0.25) is 4.90 Å². The fraction of sp³-hybridized carbons (Fsp3) is 1.00. The SMILES string of the molecule is CCCNC(N(CCN)C(NCCC)C(C)(C)S)C(C)(C)S. The summed E-state index contributed by atoms with van der Waals surface area (Å²) in [4.78, 5) is 2.39. The van der Waals surface area contributed by atoms with Crippen molar-refractivity contribution in [2.24, 2.45) is 5.73 Å². The monoisotopic (exact) mass is 350 g/mol. The van der Waals surface area contributed by atoms with Crippen LogP contribution < -0.4 is 16.4 Å². The average molecular weight is 351 g/mol. The number of thiol groups is 2. The molecule has 134 valence electrons. The lowest BCUT2D eigenvalue weighted by Crippen LogP contribution is -2.67. The highest BCUT2D eigenvalue weighted by molar-refractivity contribution is 7.82. The summed E-state index contributed by atoms with van der Waals surface area (Å²) in [6.07, 6.45) is 2.43. The highest BCUT2D eigenvalue weighted by atomic mass is 32.1. The second-order valence-corrected chi connectivity index (χ2v) is 9.35.